The van der Waals surface area contributed by atoms with Crippen LogP contribution in [0.5, 0.6) is 0 Å². The van der Waals surface area contributed by atoms with Crippen LogP contribution >= 0.6 is 12.4 Å². The van der Waals surface area contributed by atoms with Crippen LogP contribution in [0.15, 0.2) is 72.8 Å². The van der Waals surface area contributed by atoms with E-state index in [4.69, 9.17) is 0 Å². The number of benzene rings is 3. The number of carbonyl (C=O) groups is 3. The van der Waals surface area contributed by atoms with Gasteiger partial charge in [0.25, 0.3) is 5.91 Å². The Balaban J connectivity index is 0.00000560. The van der Waals surface area contributed by atoms with E-state index in [9.17, 15) is 19.5 Å². The number of fused-ring (bicyclic) bond motifs is 1. The molecule has 1 atom stereocenters. The maximum absolute atomic E-state index is 13.3. The van der Waals surface area contributed by atoms with E-state index in [1.165, 1.54) is 0 Å². The highest BCUT2D eigenvalue weighted by molar-refractivity contribution is 6.00. The number of rotatable bonds is 13. The van der Waals surface area contributed by atoms with Gasteiger partial charge in [-0.25, -0.2) is 0 Å². The summed E-state index contributed by atoms with van der Waals surface area (Å²) in [5.41, 5.74) is -0.703. The zero-order valence-electron chi connectivity index (χ0n) is 23.6. The van der Waals surface area contributed by atoms with E-state index in [1.807, 2.05) is 48.5 Å². The predicted octanol–water partition coefficient (Wildman–Crippen LogP) is 3.36. The first kappa shape index (κ1) is 32.8. The molecule has 0 unspecified atom stereocenters. The molecule has 0 fully saturated rings. The molecule has 3 rings (SSSR count). The van der Waals surface area contributed by atoms with Crippen LogP contribution in [0, 0.1) is 0 Å². The second-order valence-corrected chi connectivity index (χ2v) is 11.0. The van der Waals surface area contributed by atoms with Gasteiger partial charge in [-0.1, -0.05) is 60.7 Å². The van der Waals surface area contributed by atoms with Gasteiger partial charge in [-0.15, -0.1) is 12.4 Å². The van der Waals surface area contributed by atoms with E-state index in [-0.39, 0.29) is 24.2 Å². The highest BCUT2D eigenvalue weighted by Gasteiger charge is 2.33. The summed E-state index contributed by atoms with van der Waals surface area (Å²) in [5, 5.41) is 23.7. The molecule has 3 aromatic rings. The quantitative estimate of drug-likeness (QED) is 0.203. The van der Waals surface area contributed by atoms with Gasteiger partial charge in [0.2, 0.25) is 11.8 Å². The fraction of sp³-hybridized carbons (Fsp3) is 0.387. The van der Waals surface area contributed by atoms with Gasteiger partial charge in [-0.05, 0) is 69.1 Å². The van der Waals surface area contributed by atoms with Crippen molar-refractivity contribution in [1.82, 2.24) is 21.3 Å². The number of aliphatic hydroxyl groups is 1. The highest BCUT2D eigenvalue weighted by atomic mass is 35.5. The Bertz CT molecular complexity index is 1280. The molecule has 3 amide bonds. The molecule has 0 aliphatic heterocycles. The molecule has 0 bridgehead atoms. The molecule has 0 radical (unpaired) electrons. The van der Waals surface area contributed by atoms with E-state index < -0.39 is 23.1 Å². The second kappa shape index (κ2) is 14.8. The first-order valence-electron chi connectivity index (χ1n) is 13.3. The standard InChI is InChI=1S/C31H40N4O4.ClH/c1-30(2,39)21-32-17-10-18-33-28(37)26(20-22-15-16-23-11-8-9-14-25(23)19-22)34-29(38)31(3,4)35-27(36)24-12-6-5-7-13-24;/h5-9,11-16,19,26,32,39H,10,17-18,20-21H2,1-4H3,(H,33,37)(H,34,38)(H,35,36);1H/t26-;/m1./s1. The molecule has 40 heavy (non-hydrogen) atoms. The molecule has 8 nitrogen and oxygen atoms in total. The van der Waals surface area contributed by atoms with E-state index >= 15 is 0 Å². The summed E-state index contributed by atoms with van der Waals surface area (Å²) in [6.07, 6.45) is 0.957. The van der Waals surface area contributed by atoms with Gasteiger partial charge in [0, 0.05) is 25.1 Å². The molecule has 0 heterocycles. The zero-order valence-corrected chi connectivity index (χ0v) is 24.4. The molecule has 0 aliphatic carbocycles. The van der Waals surface area contributed by atoms with Gasteiger partial charge in [0.05, 0.1) is 5.60 Å². The molecular formula is C31H41ClN4O4. The fourth-order valence-electron chi connectivity index (χ4n) is 4.09. The minimum Gasteiger partial charge on any atom is -0.389 e. The van der Waals surface area contributed by atoms with Gasteiger partial charge in [-0.3, -0.25) is 14.4 Å². The summed E-state index contributed by atoms with van der Waals surface area (Å²) in [5.74, 6) is -1.13. The summed E-state index contributed by atoms with van der Waals surface area (Å²) >= 11 is 0. The summed E-state index contributed by atoms with van der Waals surface area (Å²) in [7, 11) is 0. The van der Waals surface area contributed by atoms with Crippen molar-refractivity contribution in [2.75, 3.05) is 19.6 Å². The van der Waals surface area contributed by atoms with Crippen LogP contribution in [0.1, 0.15) is 50.0 Å². The van der Waals surface area contributed by atoms with Crippen molar-refractivity contribution in [3.8, 4) is 0 Å². The first-order chi connectivity index (χ1) is 18.4. The summed E-state index contributed by atoms with van der Waals surface area (Å²) in [6.45, 7) is 8.17. The van der Waals surface area contributed by atoms with E-state index in [2.05, 4.69) is 21.3 Å². The Morgan fingerprint density at radius 1 is 0.850 bits per heavy atom. The van der Waals surface area contributed by atoms with Gasteiger partial charge >= 0.3 is 0 Å². The molecule has 0 saturated heterocycles. The molecule has 0 aliphatic rings. The lowest BCUT2D eigenvalue weighted by Crippen LogP contribution is -2.59. The molecular weight excluding hydrogens is 528 g/mol. The van der Waals surface area contributed by atoms with Crippen molar-refractivity contribution in [1.29, 1.82) is 0 Å². The van der Waals surface area contributed by atoms with Crippen LogP contribution in [0.2, 0.25) is 0 Å². The molecule has 9 heteroatoms. The van der Waals surface area contributed by atoms with Crippen LogP contribution in [0.4, 0.5) is 0 Å². The van der Waals surface area contributed by atoms with Crippen LogP contribution in [0.25, 0.3) is 10.8 Å². The lowest BCUT2D eigenvalue weighted by atomic mass is 9.98. The van der Waals surface area contributed by atoms with E-state index in [1.54, 1.807) is 52.0 Å². The smallest absolute Gasteiger partial charge is 0.252 e. The monoisotopic (exact) mass is 568 g/mol. The minimum absolute atomic E-state index is 0. The van der Waals surface area contributed by atoms with Gasteiger partial charge in [0.15, 0.2) is 0 Å². The number of amides is 3. The van der Waals surface area contributed by atoms with Crippen molar-refractivity contribution in [3.05, 3.63) is 83.9 Å². The summed E-state index contributed by atoms with van der Waals surface area (Å²) in [4.78, 5) is 39.3. The van der Waals surface area contributed by atoms with Crippen LogP contribution in [0.3, 0.4) is 0 Å². The average Bonchev–Trinajstić information content (AvgIpc) is 2.89. The van der Waals surface area contributed by atoms with E-state index in [0.717, 1.165) is 16.3 Å². The lowest BCUT2D eigenvalue weighted by Gasteiger charge is -2.28. The van der Waals surface area contributed by atoms with Crippen molar-refractivity contribution in [3.63, 3.8) is 0 Å². The van der Waals surface area contributed by atoms with Gasteiger partial charge < -0.3 is 26.4 Å². The highest BCUT2D eigenvalue weighted by Crippen LogP contribution is 2.17. The number of halogens is 1. The maximum atomic E-state index is 13.3. The Kier molecular flexibility index (Phi) is 12.1. The summed E-state index contributed by atoms with van der Waals surface area (Å²) in [6, 6.07) is 21.8. The average molecular weight is 569 g/mol. The van der Waals surface area contributed by atoms with Gasteiger partial charge in [0.1, 0.15) is 11.6 Å². The SMILES string of the molecule is CC(C)(O)CNCCCNC(=O)[C@@H](Cc1ccc2ccccc2c1)NC(=O)C(C)(C)NC(=O)c1ccccc1.Cl. The Hall–Kier alpha value is -3.46. The molecule has 3 aromatic carbocycles. The van der Waals surface area contributed by atoms with Gasteiger partial charge in [-0.2, -0.15) is 0 Å². The second-order valence-electron chi connectivity index (χ2n) is 11.0. The van der Waals surface area contributed by atoms with Crippen LogP contribution in [-0.2, 0) is 16.0 Å². The lowest BCUT2D eigenvalue weighted by molar-refractivity contribution is -0.131. The minimum atomic E-state index is -1.25. The van der Waals surface area contributed by atoms with Crippen LogP contribution < -0.4 is 21.3 Å². The molecule has 216 valence electrons. The number of nitrogens with one attached hydrogen (secondary N) is 4. The Morgan fingerprint density at radius 3 is 2.17 bits per heavy atom. The van der Waals surface area contributed by atoms with Crippen LogP contribution in [-0.4, -0.2) is 59.6 Å². The maximum Gasteiger partial charge on any atom is 0.252 e. The predicted molar refractivity (Wildman–Crippen MR) is 162 cm³/mol. The van der Waals surface area contributed by atoms with E-state index in [0.29, 0.717) is 38.0 Å². The molecule has 5 N–H and O–H groups in total. The zero-order chi connectivity index (χ0) is 28.5. The third-order valence-electron chi connectivity index (χ3n) is 6.29. The number of hydrogen-bond acceptors (Lipinski definition) is 5. The number of hydrogen-bond donors (Lipinski definition) is 5. The largest absolute Gasteiger partial charge is 0.389 e. The first-order valence-corrected chi connectivity index (χ1v) is 13.3. The normalized spacial score (nSPS) is 12.2. The van der Waals surface area contributed by atoms with Crippen molar-refractivity contribution in [2.24, 2.45) is 0 Å². The Morgan fingerprint density at radius 2 is 1.50 bits per heavy atom. The third kappa shape index (κ3) is 10.3. The molecule has 0 spiro atoms. The topological polar surface area (TPSA) is 120 Å². The summed E-state index contributed by atoms with van der Waals surface area (Å²) < 4.78 is 0. The van der Waals surface area contributed by atoms with Crippen molar-refractivity contribution >= 4 is 40.9 Å². The molecule has 0 aromatic heterocycles. The number of carbonyl (C=O) groups excluding carboxylic acids is 3. The Labute approximate surface area is 242 Å². The third-order valence-corrected chi connectivity index (χ3v) is 6.29. The fourth-order valence-corrected chi connectivity index (χ4v) is 4.09. The van der Waals surface area contributed by atoms with Crippen molar-refractivity contribution < 1.29 is 19.5 Å². The molecule has 0 saturated carbocycles. The van der Waals surface area contributed by atoms with Crippen molar-refractivity contribution in [2.45, 2.75) is 57.7 Å².